The number of carbonyl (C=O) groups is 2. The zero-order chi connectivity index (χ0) is 14.4. The van der Waals surface area contributed by atoms with E-state index in [0.29, 0.717) is 17.9 Å². The van der Waals surface area contributed by atoms with E-state index in [9.17, 15) is 9.59 Å². The molecule has 2 aromatic rings. The van der Waals surface area contributed by atoms with Crippen LogP contribution in [0, 0.1) is 0 Å². The predicted octanol–water partition coefficient (Wildman–Crippen LogP) is -0.0970. The van der Waals surface area contributed by atoms with Gasteiger partial charge in [0, 0.05) is 12.1 Å². The Morgan fingerprint density at radius 1 is 1.15 bits per heavy atom. The lowest BCUT2D eigenvalue weighted by Gasteiger charge is -2.05. The number of amides is 3. The fraction of sp³-hybridized carbons (Fsp3) is 0.167. The van der Waals surface area contributed by atoms with E-state index in [2.05, 4.69) is 25.8 Å². The highest BCUT2D eigenvalue weighted by atomic mass is 16.2. The van der Waals surface area contributed by atoms with Gasteiger partial charge in [-0.25, -0.2) is 9.78 Å². The van der Waals surface area contributed by atoms with Gasteiger partial charge in [-0.2, -0.15) is 5.10 Å². The van der Waals surface area contributed by atoms with Crippen molar-refractivity contribution in [1.29, 1.82) is 0 Å². The molecule has 0 atom stereocenters. The highest BCUT2D eigenvalue weighted by molar-refractivity contribution is 5.94. The largest absolute Gasteiger partial charge is 0.352 e. The molecule has 8 nitrogen and oxygen atoms in total. The molecule has 1 aromatic carbocycles. The Hall–Kier alpha value is -2.90. The van der Waals surface area contributed by atoms with Gasteiger partial charge in [0.25, 0.3) is 5.91 Å². The third kappa shape index (κ3) is 3.80. The number of hydrogen-bond donors (Lipinski definition) is 4. The van der Waals surface area contributed by atoms with Crippen molar-refractivity contribution in [3.63, 3.8) is 0 Å². The van der Waals surface area contributed by atoms with Crippen LogP contribution < -0.4 is 16.4 Å². The van der Waals surface area contributed by atoms with E-state index in [4.69, 9.17) is 5.73 Å². The van der Waals surface area contributed by atoms with Crippen molar-refractivity contribution >= 4 is 11.9 Å². The highest BCUT2D eigenvalue weighted by Crippen LogP contribution is 2.04. The molecule has 0 spiro atoms. The minimum atomic E-state index is -0.584. The van der Waals surface area contributed by atoms with Crippen molar-refractivity contribution in [1.82, 2.24) is 25.8 Å². The molecule has 1 heterocycles. The summed E-state index contributed by atoms with van der Waals surface area (Å²) in [7, 11) is 0. The number of aromatic amines is 1. The number of benzene rings is 1. The fourth-order valence-corrected chi connectivity index (χ4v) is 1.55. The average molecular weight is 274 g/mol. The summed E-state index contributed by atoms with van der Waals surface area (Å²) in [6.07, 6.45) is 1.38. The fourth-order valence-electron chi connectivity index (χ4n) is 1.55. The second-order valence-corrected chi connectivity index (χ2v) is 4.03. The van der Waals surface area contributed by atoms with E-state index in [1.54, 1.807) is 24.3 Å². The van der Waals surface area contributed by atoms with Gasteiger partial charge in [0.15, 0.2) is 0 Å². The molecule has 20 heavy (non-hydrogen) atoms. The molecular formula is C12H14N6O2. The monoisotopic (exact) mass is 274 g/mol. The number of rotatable bonds is 5. The Bertz CT molecular complexity index is 579. The molecule has 0 aliphatic heterocycles. The summed E-state index contributed by atoms with van der Waals surface area (Å²) >= 11 is 0. The van der Waals surface area contributed by atoms with E-state index in [1.807, 2.05) is 0 Å². The number of H-pyrrole nitrogens is 1. The molecule has 0 aliphatic rings. The lowest BCUT2D eigenvalue weighted by Crippen LogP contribution is -2.28. The number of nitrogens with zero attached hydrogens (tertiary/aromatic N) is 2. The molecule has 0 unspecified atom stereocenters. The Morgan fingerprint density at radius 3 is 2.50 bits per heavy atom. The standard InChI is InChI=1S/C12H14N6O2/c13-12(20)15-5-8-1-3-9(4-2-8)11(19)14-6-10-16-7-17-18-10/h1-4,7H,5-6H2,(H,14,19)(H3,13,15,20)(H,16,17,18). The van der Waals surface area contributed by atoms with Gasteiger partial charge in [-0.3, -0.25) is 9.89 Å². The zero-order valence-corrected chi connectivity index (χ0v) is 10.6. The summed E-state index contributed by atoms with van der Waals surface area (Å²) < 4.78 is 0. The molecule has 8 heteroatoms. The van der Waals surface area contributed by atoms with Crippen LogP contribution in [0.25, 0.3) is 0 Å². The van der Waals surface area contributed by atoms with Gasteiger partial charge in [0.2, 0.25) is 0 Å². The number of nitrogens with one attached hydrogen (secondary N) is 3. The van der Waals surface area contributed by atoms with E-state index in [-0.39, 0.29) is 12.5 Å². The maximum absolute atomic E-state index is 11.9. The maximum atomic E-state index is 11.9. The van der Waals surface area contributed by atoms with Crippen LogP contribution in [-0.2, 0) is 13.1 Å². The molecule has 0 saturated carbocycles. The van der Waals surface area contributed by atoms with Crippen molar-refractivity contribution in [2.75, 3.05) is 0 Å². The van der Waals surface area contributed by atoms with Crippen LogP contribution in [0.4, 0.5) is 4.79 Å². The second-order valence-electron chi connectivity index (χ2n) is 4.03. The molecule has 0 aliphatic carbocycles. The van der Waals surface area contributed by atoms with Crippen LogP contribution in [0.2, 0.25) is 0 Å². The van der Waals surface area contributed by atoms with Gasteiger partial charge in [0.1, 0.15) is 12.2 Å². The normalized spacial score (nSPS) is 10.0. The number of aromatic nitrogens is 3. The van der Waals surface area contributed by atoms with Gasteiger partial charge < -0.3 is 16.4 Å². The summed E-state index contributed by atoms with van der Waals surface area (Å²) in [5.74, 6) is 0.372. The Balaban J connectivity index is 1.88. The zero-order valence-electron chi connectivity index (χ0n) is 10.6. The molecule has 0 saturated heterocycles. The van der Waals surface area contributed by atoms with E-state index in [1.165, 1.54) is 6.33 Å². The maximum Gasteiger partial charge on any atom is 0.312 e. The summed E-state index contributed by atoms with van der Waals surface area (Å²) in [5, 5.41) is 11.5. The minimum Gasteiger partial charge on any atom is -0.352 e. The van der Waals surface area contributed by atoms with Crippen molar-refractivity contribution in [3.8, 4) is 0 Å². The first-order chi connectivity index (χ1) is 9.65. The quantitative estimate of drug-likeness (QED) is 0.607. The predicted molar refractivity (Wildman–Crippen MR) is 70.4 cm³/mol. The summed E-state index contributed by atoms with van der Waals surface area (Å²) in [6.45, 7) is 0.610. The van der Waals surface area contributed by atoms with Gasteiger partial charge >= 0.3 is 6.03 Å². The van der Waals surface area contributed by atoms with Crippen LogP contribution >= 0.6 is 0 Å². The van der Waals surface area contributed by atoms with Gasteiger partial charge in [-0.15, -0.1) is 0 Å². The Kier molecular flexibility index (Phi) is 4.28. The smallest absolute Gasteiger partial charge is 0.312 e. The highest BCUT2D eigenvalue weighted by Gasteiger charge is 2.06. The number of urea groups is 1. The lowest BCUT2D eigenvalue weighted by atomic mass is 10.1. The molecule has 5 N–H and O–H groups in total. The van der Waals surface area contributed by atoms with Gasteiger partial charge in [0.05, 0.1) is 6.54 Å². The molecule has 3 amide bonds. The van der Waals surface area contributed by atoms with E-state index < -0.39 is 6.03 Å². The van der Waals surface area contributed by atoms with Crippen molar-refractivity contribution in [2.24, 2.45) is 5.73 Å². The number of carbonyl (C=O) groups excluding carboxylic acids is 2. The summed E-state index contributed by atoms with van der Waals surface area (Å²) in [4.78, 5) is 26.3. The van der Waals surface area contributed by atoms with Crippen LogP contribution in [0.5, 0.6) is 0 Å². The first kappa shape index (κ1) is 13.5. The molecule has 104 valence electrons. The van der Waals surface area contributed by atoms with Crippen molar-refractivity contribution in [3.05, 3.63) is 47.5 Å². The Morgan fingerprint density at radius 2 is 1.90 bits per heavy atom. The first-order valence-electron chi connectivity index (χ1n) is 5.90. The SMILES string of the molecule is NC(=O)NCc1ccc(C(=O)NCc2ncn[nH]2)cc1. The second kappa shape index (κ2) is 6.32. The first-order valence-corrected chi connectivity index (χ1v) is 5.90. The lowest BCUT2D eigenvalue weighted by molar-refractivity contribution is 0.0950. The third-order valence-corrected chi connectivity index (χ3v) is 2.56. The van der Waals surface area contributed by atoms with Crippen LogP contribution in [0.3, 0.4) is 0 Å². The van der Waals surface area contributed by atoms with Gasteiger partial charge in [-0.1, -0.05) is 12.1 Å². The third-order valence-electron chi connectivity index (χ3n) is 2.56. The molecule has 2 rings (SSSR count). The molecular weight excluding hydrogens is 260 g/mol. The molecule has 0 fully saturated rings. The summed E-state index contributed by atoms with van der Waals surface area (Å²) in [6, 6.07) is 6.26. The number of hydrogen-bond acceptors (Lipinski definition) is 4. The van der Waals surface area contributed by atoms with Crippen LogP contribution in [0.15, 0.2) is 30.6 Å². The van der Waals surface area contributed by atoms with Crippen molar-refractivity contribution < 1.29 is 9.59 Å². The van der Waals surface area contributed by atoms with Gasteiger partial charge in [-0.05, 0) is 17.7 Å². The Labute approximate surface area is 114 Å². The minimum absolute atomic E-state index is 0.212. The average Bonchev–Trinajstić information content (AvgIpc) is 2.96. The van der Waals surface area contributed by atoms with Crippen LogP contribution in [-0.4, -0.2) is 27.1 Å². The molecule has 0 radical (unpaired) electrons. The van der Waals surface area contributed by atoms with Crippen LogP contribution in [0.1, 0.15) is 21.7 Å². The number of nitrogens with two attached hydrogens (primary N) is 1. The topological polar surface area (TPSA) is 126 Å². The molecule has 1 aromatic heterocycles. The van der Waals surface area contributed by atoms with E-state index in [0.717, 1.165) is 5.56 Å². The van der Waals surface area contributed by atoms with E-state index >= 15 is 0 Å². The molecule has 0 bridgehead atoms. The summed E-state index contributed by atoms with van der Waals surface area (Å²) in [5.41, 5.74) is 6.35. The van der Waals surface area contributed by atoms with Crippen molar-refractivity contribution in [2.45, 2.75) is 13.1 Å². The number of primary amides is 1.